The molecule has 0 unspecified atom stereocenters. The first-order chi connectivity index (χ1) is 9.49. The van der Waals surface area contributed by atoms with Crippen molar-refractivity contribution in [3.63, 3.8) is 0 Å². The highest BCUT2D eigenvalue weighted by Crippen LogP contribution is 2.38. The Hall–Kier alpha value is -1.82. The maximum Gasteiger partial charge on any atom is 0.341 e. The molecule has 0 aliphatic rings. The number of aromatic carboxylic acids is 1. The Morgan fingerprint density at radius 1 is 1.19 bits per heavy atom. The van der Waals surface area contributed by atoms with Gasteiger partial charge in [-0.25, -0.2) is 9.59 Å². The lowest BCUT2D eigenvalue weighted by Crippen LogP contribution is -2.44. The van der Waals surface area contributed by atoms with Crippen LogP contribution in [-0.2, 0) is 4.74 Å². The Labute approximate surface area is 126 Å². The predicted octanol–water partition coefficient (Wildman–Crippen LogP) is 3.56. The van der Waals surface area contributed by atoms with Crippen LogP contribution in [0, 0.1) is 0 Å². The topological polar surface area (TPSA) is 72.8 Å². The molecular weight excluding hydrogens is 288 g/mol. The van der Waals surface area contributed by atoms with Crippen LogP contribution in [0.2, 0.25) is 18.1 Å². The van der Waals surface area contributed by atoms with Gasteiger partial charge in [0.05, 0.1) is 12.7 Å². The number of rotatable bonds is 4. The van der Waals surface area contributed by atoms with Crippen molar-refractivity contribution < 1.29 is 23.9 Å². The quantitative estimate of drug-likeness (QED) is 0.680. The minimum Gasteiger partial charge on any atom is -0.543 e. The first kappa shape index (κ1) is 17.2. The number of hydrogen-bond donors (Lipinski definition) is 1. The number of carboxylic acid groups (broad SMARTS) is 1. The van der Waals surface area contributed by atoms with Gasteiger partial charge in [0.2, 0.25) is 0 Å². The largest absolute Gasteiger partial charge is 0.543 e. The summed E-state index contributed by atoms with van der Waals surface area (Å²) in [6.07, 6.45) is 0. The van der Waals surface area contributed by atoms with E-state index in [2.05, 4.69) is 20.8 Å². The monoisotopic (exact) mass is 310 g/mol. The summed E-state index contributed by atoms with van der Waals surface area (Å²) in [6.45, 7) is 10.3. The van der Waals surface area contributed by atoms with Gasteiger partial charge in [-0.1, -0.05) is 20.8 Å². The highest BCUT2D eigenvalue weighted by molar-refractivity contribution is 6.74. The van der Waals surface area contributed by atoms with Crippen molar-refractivity contribution in [2.45, 2.75) is 38.9 Å². The Morgan fingerprint density at radius 2 is 1.76 bits per heavy atom. The van der Waals surface area contributed by atoms with Crippen molar-refractivity contribution in [2.75, 3.05) is 7.11 Å². The first-order valence-corrected chi connectivity index (χ1v) is 9.55. The molecule has 0 saturated carbocycles. The molecule has 0 bridgehead atoms. The molecule has 0 radical (unpaired) electrons. The van der Waals surface area contributed by atoms with Gasteiger partial charge in [-0.05, 0) is 36.3 Å². The molecule has 5 nitrogen and oxygen atoms in total. The summed E-state index contributed by atoms with van der Waals surface area (Å²) in [5.74, 6) is -1.33. The molecule has 0 amide bonds. The second kappa shape index (κ2) is 5.89. The van der Waals surface area contributed by atoms with E-state index in [4.69, 9.17) is 14.3 Å². The van der Waals surface area contributed by atoms with Crippen molar-refractivity contribution in [3.05, 3.63) is 29.3 Å². The molecule has 1 N–H and O–H groups in total. The van der Waals surface area contributed by atoms with Gasteiger partial charge in [-0.3, -0.25) is 0 Å². The molecule has 0 aliphatic heterocycles. The van der Waals surface area contributed by atoms with Crippen molar-refractivity contribution in [2.24, 2.45) is 0 Å². The van der Waals surface area contributed by atoms with Crippen LogP contribution in [0.4, 0.5) is 0 Å². The van der Waals surface area contributed by atoms with E-state index < -0.39 is 20.3 Å². The molecule has 0 saturated heterocycles. The van der Waals surface area contributed by atoms with Gasteiger partial charge in [0.25, 0.3) is 8.32 Å². The van der Waals surface area contributed by atoms with Crippen molar-refractivity contribution in [3.8, 4) is 5.75 Å². The third-order valence-corrected chi connectivity index (χ3v) is 8.15. The number of esters is 1. The fraction of sp³-hybridized carbons (Fsp3) is 0.467. The van der Waals surface area contributed by atoms with Crippen LogP contribution in [0.15, 0.2) is 18.2 Å². The fourth-order valence-electron chi connectivity index (χ4n) is 1.45. The number of ether oxygens (including phenoxy) is 1. The van der Waals surface area contributed by atoms with Crippen molar-refractivity contribution >= 4 is 20.3 Å². The van der Waals surface area contributed by atoms with E-state index in [1.54, 1.807) is 0 Å². The molecule has 6 heteroatoms. The summed E-state index contributed by atoms with van der Waals surface area (Å²) >= 11 is 0. The highest BCUT2D eigenvalue weighted by Gasteiger charge is 2.39. The van der Waals surface area contributed by atoms with E-state index in [9.17, 15) is 9.59 Å². The van der Waals surface area contributed by atoms with E-state index in [1.165, 1.54) is 25.3 Å². The summed E-state index contributed by atoms with van der Waals surface area (Å²) in [5.41, 5.74) is 0.323. The zero-order valence-corrected chi connectivity index (χ0v) is 14.3. The standard InChI is InChI=1S/C15H22O5Si/c1-15(2,3)21(5,6)20-12-9-10(13(16)17)7-8-11(12)14(18)19-4/h7-9H,1-6H3,(H,16,17). The average molecular weight is 310 g/mol. The Balaban J connectivity index is 3.33. The Bertz CT molecular complexity index is 558. The molecule has 1 rings (SSSR count). The molecule has 0 fully saturated rings. The zero-order valence-electron chi connectivity index (χ0n) is 13.3. The first-order valence-electron chi connectivity index (χ1n) is 6.64. The third kappa shape index (κ3) is 3.84. The van der Waals surface area contributed by atoms with Crippen LogP contribution >= 0.6 is 0 Å². The predicted molar refractivity (Wildman–Crippen MR) is 82.6 cm³/mol. The van der Waals surface area contributed by atoms with Crippen LogP contribution in [0.3, 0.4) is 0 Å². The Morgan fingerprint density at radius 3 is 2.19 bits per heavy atom. The van der Waals surface area contributed by atoms with E-state index in [0.717, 1.165) is 0 Å². The summed E-state index contributed by atoms with van der Waals surface area (Å²) in [7, 11) is -0.913. The Kier molecular flexibility index (Phi) is 4.83. The van der Waals surface area contributed by atoms with Gasteiger partial charge in [-0.2, -0.15) is 0 Å². The number of carbonyl (C=O) groups excluding carboxylic acids is 1. The molecule has 0 atom stereocenters. The highest BCUT2D eigenvalue weighted by atomic mass is 28.4. The van der Waals surface area contributed by atoms with Crippen LogP contribution in [0.5, 0.6) is 5.75 Å². The molecule has 1 aromatic rings. The van der Waals surface area contributed by atoms with Crippen LogP contribution in [0.25, 0.3) is 0 Å². The molecule has 0 heterocycles. The normalized spacial score (nSPS) is 11.9. The van der Waals surface area contributed by atoms with Gasteiger partial charge in [0.1, 0.15) is 11.3 Å². The van der Waals surface area contributed by atoms with E-state index in [1.807, 2.05) is 13.1 Å². The van der Waals surface area contributed by atoms with Gasteiger partial charge in [0, 0.05) is 0 Å². The number of carboxylic acids is 1. The minimum atomic E-state index is -2.19. The molecule has 21 heavy (non-hydrogen) atoms. The number of hydrogen-bond acceptors (Lipinski definition) is 4. The van der Waals surface area contributed by atoms with Crippen LogP contribution in [-0.4, -0.2) is 32.5 Å². The molecule has 116 valence electrons. The molecule has 0 aromatic heterocycles. The lowest BCUT2D eigenvalue weighted by atomic mass is 10.1. The lowest BCUT2D eigenvalue weighted by Gasteiger charge is -2.36. The maximum absolute atomic E-state index is 11.8. The van der Waals surface area contributed by atoms with E-state index in [-0.39, 0.29) is 21.9 Å². The number of benzene rings is 1. The van der Waals surface area contributed by atoms with E-state index in [0.29, 0.717) is 0 Å². The molecular formula is C15H22O5Si. The molecule has 1 aromatic carbocycles. The average Bonchev–Trinajstić information content (AvgIpc) is 2.35. The zero-order chi connectivity index (χ0) is 16.4. The van der Waals surface area contributed by atoms with E-state index >= 15 is 0 Å². The molecule has 0 aliphatic carbocycles. The smallest absolute Gasteiger partial charge is 0.341 e. The summed E-state index contributed by atoms with van der Waals surface area (Å²) in [5, 5.41) is 9.02. The minimum absolute atomic E-state index is 0.0698. The second-order valence-electron chi connectivity index (χ2n) is 6.37. The summed E-state index contributed by atoms with van der Waals surface area (Å²) < 4.78 is 10.8. The van der Waals surface area contributed by atoms with Crippen molar-refractivity contribution in [1.29, 1.82) is 0 Å². The summed E-state index contributed by atoms with van der Waals surface area (Å²) in [4.78, 5) is 22.9. The number of carbonyl (C=O) groups is 2. The number of methoxy groups -OCH3 is 1. The lowest BCUT2D eigenvalue weighted by molar-refractivity contribution is 0.0596. The third-order valence-electron chi connectivity index (χ3n) is 3.81. The molecule has 0 spiro atoms. The van der Waals surface area contributed by atoms with Crippen molar-refractivity contribution in [1.82, 2.24) is 0 Å². The summed E-state index contributed by atoms with van der Waals surface area (Å²) in [6, 6.07) is 4.18. The van der Waals surface area contributed by atoms with Gasteiger partial charge in [0.15, 0.2) is 0 Å². The maximum atomic E-state index is 11.8. The van der Waals surface area contributed by atoms with Gasteiger partial charge < -0.3 is 14.3 Å². The van der Waals surface area contributed by atoms with Crippen LogP contribution < -0.4 is 4.43 Å². The fourth-order valence-corrected chi connectivity index (χ4v) is 2.47. The van der Waals surface area contributed by atoms with Gasteiger partial charge in [-0.15, -0.1) is 0 Å². The van der Waals surface area contributed by atoms with Gasteiger partial charge >= 0.3 is 11.9 Å². The second-order valence-corrected chi connectivity index (χ2v) is 11.1. The van der Waals surface area contributed by atoms with Crippen LogP contribution in [0.1, 0.15) is 41.5 Å². The SMILES string of the molecule is COC(=O)c1ccc(C(=O)O)cc1O[Si](C)(C)C(C)(C)C.